The van der Waals surface area contributed by atoms with Crippen LogP contribution in [0.2, 0.25) is 5.02 Å². The number of nitrogens with one attached hydrogen (secondary N) is 1. The van der Waals surface area contributed by atoms with Gasteiger partial charge >= 0.3 is 0 Å². The number of amides is 1. The number of aryl methyl sites for hydroxylation is 1. The molecule has 0 unspecified atom stereocenters. The summed E-state index contributed by atoms with van der Waals surface area (Å²) in [7, 11) is 0. The molecule has 5 heteroatoms. The second-order valence-electron chi connectivity index (χ2n) is 3.03. The van der Waals surface area contributed by atoms with E-state index in [4.69, 9.17) is 17.3 Å². The molecule has 0 fully saturated rings. The van der Waals surface area contributed by atoms with E-state index < -0.39 is 0 Å². The van der Waals surface area contributed by atoms with Gasteiger partial charge in [-0.25, -0.2) is 0 Å². The summed E-state index contributed by atoms with van der Waals surface area (Å²) in [5.74, 6) is -0.180. The van der Waals surface area contributed by atoms with Gasteiger partial charge in [0.2, 0.25) is 0 Å². The van der Waals surface area contributed by atoms with Crippen molar-refractivity contribution in [3.8, 4) is 0 Å². The van der Waals surface area contributed by atoms with Gasteiger partial charge in [-0.3, -0.25) is 4.79 Å². The molecule has 0 bridgehead atoms. The molecular formula is C10H14Cl2N2O. The van der Waals surface area contributed by atoms with Gasteiger partial charge in [0.15, 0.2) is 0 Å². The summed E-state index contributed by atoms with van der Waals surface area (Å²) < 4.78 is 0. The first-order valence-electron chi connectivity index (χ1n) is 4.39. The summed E-state index contributed by atoms with van der Waals surface area (Å²) in [6.07, 6.45) is 0. The molecule has 1 rings (SSSR count). The topological polar surface area (TPSA) is 55.1 Å². The van der Waals surface area contributed by atoms with Crippen LogP contribution in [0, 0.1) is 6.92 Å². The number of nitrogens with two attached hydrogens (primary N) is 1. The van der Waals surface area contributed by atoms with Crippen LogP contribution in [0.4, 0.5) is 0 Å². The minimum Gasteiger partial charge on any atom is -0.351 e. The Labute approximate surface area is 100 Å². The molecule has 0 saturated carbocycles. The summed E-state index contributed by atoms with van der Waals surface area (Å²) >= 11 is 5.91. The van der Waals surface area contributed by atoms with Gasteiger partial charge in [0.05, 0.1) is 10.6 Å². The minimum atomic E-state index is -0.180. The molecule has 0 heterocycles. The Kier molecular flexibility index (Phi) is 6.32. The van der Waals surface area contributed by atoms with E-state index >= 15 is 0 Å². The molecule has 84 valence electrons. The third-order valence-corrected chi connectivity index (χ3v) is 2.11. The number of rotatable bonds is 3. The van der Waals surface area contributed by atoms with Crippen LogP contribution in [0.15, 0.2) is 18.2 Å². The fourth-order valence-electron chi connectivity index (χ4n) is 1.09. The third-order valence-electron chi connectivity index (χ3n) is 1.80. The molecule has 0 aromatic heterocycles. The van der Waals surface area contributed by atoms with Crippen LogP contribution < -0.4 is 11.1 Å². The van der Waals surface area contributed by atoms with Crippen molar-refractivity contribution in [2.45, 2.75) is 6.92 Å². The molecule has 0 atom stereocenters. The lowest BCUT2D eigenvalue weighted by atomic mass is 10.1. The Morgan fingerprint density at radius 1 is 1.53 bits per heavy atom. The van der Waals surface area contributed by atoms with Gasteiger partial charge in [0.1, 0.15) is 0 Å². The monoisotopic (exact) mass is 248 g/mol. The standard InChI is InChI=1S/C10H13ClN2O.ClH/c1-7-2-3-8(9(11)6-7)10(14)13-5-4-12;/h2-3,6H,4-5,12H2,1H3,(H,13,14);1H. The summed E-state index contributed by atoms with van der Waals surface area (Å²) in [5, 5.41) is 3.13. The van der Waals surface area contributed by atoms with Crippen molar-refractivity contribution in [2.75, 3.05) is 13.1 Å². The molecule has 3 nitrogen and oxygen atoms in total. The van der Waals surface area contributed by atoms with Crippen molar-refractivity contribution in [1.29, 1.82) is 0 Å². The Morgan fingerprint density at radius 3 is 2.73 bits per heavy atom. The number of hydrogen-bond acceptors (Lipinski definition) is 2. The normalized spacial score (nSPS) is 9.27. The smallest absolute Gasteiger partial charge is 0.252 e. The average molecular weight is 249 g/mol. The highest BCUT2D eigenvalue weighted by atomic mass is 35.5. The van der Waals surface area contributed by atoms with E-state index in [1.54, 1.807) is 12.1 Å². The molecule has 0 spiro atoms. The Bertz CT molecular complexity index is 342. The molecule has 0 radical (unpaired) electrons. The van der Waals surface area contributed by atoms with Crippen LogP contribution in [-0.2, 0) is 0 Å². The number of carbonyl (C=O) groups excluding carboxylic acids is 1. The highest BCUT2D eigenvalue weighted by molar-refractivity contribution is 6.33. The molecule has 0 aliphatic heterocycles. The maximum Gasteiger partial charge on any atom is 0.252 e. The second kappa shape index (κ2) is 6.67. The minimum absolute atomic E-state index is 0. The van der Waals surface area contributed by atoms with Gasteiger partial charge in [-0.2, -0.15) is 0 Å². The quantitative estimate of drug-likeness (QED) is 0.857. The Morgan fingerprint density at radius 2 is 2.20 bits per heavy atom. The van der Waals surface area contributed by atoms with E-state index in [9.17, 15) is 4.79 Å². The van der Waals surface area contributed by atoms with E-state index in [1.807, 2.05) is 13.0 Å². The van der Waals surface area contributed by atoms with Crippen LogP contribution in [0.5, 0.6) is 0 Å². The molecule has 0 aliphatic rings. The van der Waals surface area contributed by atoms with Crippen LogP contribution in [0.3, 0.4) is 0 Å². The molecular weight excluding hydrogens is 235 g/mol. The van der Waals surface area contributed by atoms with E-state index in [2.05, 4.69) is 5.32 Å². The van der Waals surface area contributed by atoms with Crippen LogP contribution in [-0.4, -0.2) is 19.0 Å². The first-order chi connectivity index (χ1) is 6.65. The first-order valence-corrected chi connectivity index (χ1v) is 4.77. The van der Waals surface area contributed by atoms with Crippen molar-refractivity contribution >= 4 is 29.9 Å². The van der Waals surface area contributed by atoms with Gasteiger partial charge < -0.3 is 11.1 Å². The molecule has 3 N–H and O–H groups in total. The Balaban J connectivity index is 0.00000196. The highest BCUT2D eigenvalue weighted by Gasteiger charge is 2.08. The van der Waals surface area contributed by atoms with Gasteiger partial charge in [-0.1, -0.05) is 17.7 Å². The van der Waals surface area contributed by atoms with Gasteiger partial charge in [-0.15, -0.1) is 12.4 Å². The van der Waals surface area contributed by atoms with Gasteiger partial charge in [0.25, 0.3) is 5.91 Å². The summed E-state index contributed by atoms with van der Waals surface area (Å²) in [6.45, 7) is 2.81. The second-order valence-corrected chi connectivity index (χ2v) is 3.44. The summed E-state index contributed by atoms with van der Waals surface area (Å²) in [5.41, 5.74) is 6.79. The van der Waals surface area contributed by atoms with Gasteiger partial charge in [-0.05, 0) is 24.6 Å². The number of carbonyl (C=O) groups is 1. The maximum absolute atomic E-state index is 11.5. The zero-order valence-electron chi connectivity index (χ0n) is 8.42. The van der Waals surface area contributed by atoms with Gasteiger partial charge in [0, 0.05) is 13.1 Å². The molecule has 1 amide bonds. The van der Waals surface area contributed by atoms with E-state index in [0.29, 0.717) is 23.7 Å². The zero-order valence-corrected chi connectivity index (χ0v) is 9.99. The van der Waals surface area contributed by atoms with Crippen LogP contribution in [0.1, 0.15) is 15.9 Å². The van der Waals surface area contributed by atoms with Crippen molar-refractivity contribution < 1.29 is 4.79 Å². The van der Waals surface area contributed by atoms with E-state index in [0.717, 1.165) is 5.56 Å². The largest absolute Gasteiger partial charge is 0.351 e. The third kappa shape index (κ3) is 4.08. The first kappa shape index (κ1) is 14.2. The average Bonchev–Trinajstić information content (AvgIpc) is 2.14. The number of hydrogen-bond donors (Lipinski definition) is 2. The molecule has 1 aromatic carbocycles. The number of halogens is 2. The predicted molar refractivity (Wildman–Crippen MR) is 64.8 cm³/mol. The van der Waals surface area contributed by atoms with E-state index in [1.165, 1.54) is 0 Å². The van der Waals surface area contributed by atoms with Crippen molar-refractivity contribution in [1.82, 2.24) is 5.32 Å². The maximum atomic E-state index is 11.5. The number of benzene rings is 1. The molecule has 0 aliphatic carbocycles. The van der Waals surface area contributed by atoms with Crippen molar-refractivity contribution in [3.05, 3.63) is 34.3 Å². The zero-order chi connectivity index (χ0) is 10.6. The molecule has 15 heavy (non-hydrogen) atoms. The fourth-order valence-corrected chi connectivity index (χ4v) is 1.41. The van der Waals surface area contributed by atoms with E-state index in [-0.39, 0.29) is 18.3 Å². The molecule has 1 aromatic rings. The van der Waals surface area contributed by atoms with Crippen LogP contribution >= 0.6 is 24.0 Å². The summed E-state index contributed by atoms with van der Waals surface area (Å²) in [4.78, 5) is 11.5. The molecule has 0 saturated heterocycles. The van der Waals surface area contributed by atoms with Crippen molar-refractivity contribution in [2.24, 2.45) is 5.73 Å². The lowest BCUT2D eigenvalue weighted by Crippen LogP contribution is -2.29. The SMILES string of the molecule is Cc1ccc(C(=O)NCCN)c(Cl)c1.Cl. The lowest BCUT2D eigenvalue weighted by Gasteiger charge is -2.05. The van der Waals surface area contributed by atoms with Crippen molar-refractivity contribution in [3.63, 3.8) is 0 Å². The lowest BCUT2D eigenvalue weighted by molar-refractivity contribution is 0.0955. The predicted octanol–water partition coefficient (Wildman–Crippen LogP) is 1.76. The Hall–Kier alpha value is -0.770. The fraction of sp³-hybridized carbons (Fsp3) is 0.300. The van der Waals surface area contributed by atoms with Crippen LogP contribution in [0.25, 0.3) is 0 Å². The summed E-state index contributed by atoms with van der Waals surface area (Å²) in [6, 6.07) is 5.33. The highest BCUT2D eigenvalue weighted by Crippen LogP contribution is 2.17.